The Balaban J connectivity index is 1.61. The number of anilines is 1. The lowest BCUT2D eigenvalue weighted by Gasteiger charge is -2.12. The molecule has 0 aliphatic heterocycles. The zero-order valence-electron chi connectivity index (χ0n) is 15.4. The molecule has 0 bridgehead atoms. The summed E-state index contributed by atoms with van der Waals surface area (Å²) < 4.78 is 5.82. The van der Waals surface area contributed by atoms with Crippen LogP contribution in [0.25, 0.3) is 0 Å². The van der Waals surface area contributed by atoms with Gasteiger partial charge in [0, 0.05) is 38.6 Å². The summed E-state index contributed by atoms with van der Waals surface area (Å²) in [5.41, 5.74) is 2.39. The van der Waals surface area contributed by atoms with Crippen molar-refractivity contribution in [3.05, 3.63) is 83.7 Å². The van der Waals surface area contributed by atoms with Gasteiger partial charge in [0.15, 0.2) is 0 Å². The Hall–Kier alpha value is -3.41. The fourth-order valence-electron chi connectivity index (χ4n) is 2.48. The highest BCUT2D eigenvalue weighted by molar-refractivity contribution is 5.94. The van der Waals surface area contributed by atoms with Gasteiger partial charge in [0.05, 0.1) is 5.56 Å². The summed E-state index contributed by atoms with van der Waals surface area (Å²) in [5, 5.41) is 2.89. The summed E-state index contributed by atoms with van der Waals surface area (Å²) in [4.78, 5) is 22.8. The summed E-state index contributed by atoms with van der Waals surface area (Å²) in [6.45, 7) is 0.751. The first kappa shape index (κ1) is 18.4. The van der Waals surface area contributed by atoms with Crippen molar-refractivity contribution in [2.75, 3.05) is 19.0 Å². The van der Waals surface area contributed by atoms with Gasteiger partial charge in [0.2, 0.25) is 5.88 Å². The number of benzene rings is 1. The number of carbonyl (C=O) groups excluding carboxylic acids is 1. The van der Waals surface area contributed by atoms with Crippen molar-refractivity contribution in [3.63, 3.8) is 0 Å². The second kappa shape index (κ2) is 8.80. The molecular formula is C21H22N4O2. The van der Waals surface area contributed by atoms with Crippen LogP contribution in [0.2, 0.25) is 0 Å². The van der Waals surface area contributed by atoms with E-state index in [9.17, 15) is 4.79 Å². The van der Waals surface area contributed by atoms with Gasteiger partial charge in [-0.1, -0.05) is 36.4 Å². The number of ether oxygens (including phenoxy) is 1. The van der Waals surface area contributed by atoms with Crippen molar-refractivity contribution >= 4 is 11.7 Å². The first-order valence-electron chi connectivity index (χ1n) is 8.65. The van der Waals surface area contributed by atoms with Gasteiger partial charge in [-0.05, 0) is 23.8 Å². The summed E-state index contributed by atoms with van der Waals surface area (Å²) in [7, 11) is 3.81. The van der Waals surface area contributed by atoms with Crippen LogP contribution in [0.3, 0.4) is 0 Å². The third-order valence-electron chi connectivity index (χ3n) is 3.98. The van der Waals surface area contributed by atoms with Crippen molar-refractivity contribution < 1.29 is 9.53 Å². The third-order valence-corrected chi connectivity index (χ3v) is 3.98. The fraction of sp³-hybridized carbons (Fsp3) is 0.190. The van der Waals surface area contributed by atoms with Gasteiger partial charge in [-0.2, -0.15) is 0 Å². The summed E-state index contributed by atoms with van der Waals surface area (Å²) >= 11 is 0. The van der Waals surface area contributed by atoms with E-state index in [4.69, 9.17) is 4.74 Å². The van der Waals surface area contributed by atoms with Gasteiger partial charge in [0.25, 0.3) is 5.91 Å². The molecule has 0 unspecified atom stereocenters. The van der Waals surface area contributed by atoms with Crippen molar-refractivity contribution in [2.45, 2.75) is 13.2 Å². The minimum Gasteiger partial charge on any atom is -0.473 e. The molecule has 2 heterocycles. The second-order valence-corrected chi connectivity index (χ2v) is 6.22. The maximum atomic E-state index is 12.4. The molecule has 0 saturated carbocycles. The number of hydrogen-bond donors (Lipinski definition) is 1. The van der Waals surface area contributed by atoms with Crippen LogP contribution in [0, 0.1) is 0 Å². The van der Waals surface area contributed by atoms with E-state index in [2.05, 4.69) is 15.3 Å². The summed E-state index contributed by atoms with van der Waals surface area (Å²) in [5.74, 6) is 1.13. The summed E-state index contributed by atoms with van der Waals surface area (Å²) in [6.07, 6.45) is 3.25. The van der Waals surface area contributed by atoms with E-state index in [1.54, 1.807) is 18.5 Å². The molecule has 2 aromatic heterocycles. The molecule has 0 aliphatic rings. The highest BCUT2D eigenvalue weighted by Gasteiger charge is 2.10. The third kappa shape index (κ3) is 5.04. The summed E-state index contributed by atoms with van der Waals surface area (Å²) in [6, 6.07) is 17.2. The van der Waals surface area contributed by atoms with Crippen molar-refractivity contribution in [3.8, 4) is 5.88 Å². The predicted octanol–water partition coefficient (Wildman–Crippen LogP) is 3.05. The molecule has 0 fully saturated rings. The SMILES string of the molecule is CN(C)c1ccc(C(=O)NCc2cccnc2OCc2ccccc2)cn1. The zero-order chi connectivity index (χ0) is 19.1. The van der Waals surface area contributed by atoms with Gasteiger partial charge in [-0.25, -0.2) is 9.97 Å². The van der Waals surface area contributed by atoms with E-state index in [-0.39, 0.29) is 5.91 Å². The van der Waals surface area contributed by atoms with Crippen LogP contribution in [-0.2, 0) is 13.2 Å². The molecule has 0 spiro atoms. The number of carbonyl (C=O) groups is 1. The standard InChI is InChI=1S/C21H22N4O2/c1-25(2)19-11-10-17(13-23-19)20(26)24-14-18-9-6-12-22-21(18)27-15-16-7-4-3-5-8-16/h3-13H,14-15H2,1-2H3,(H,24,26). The van der Waals surface area contributed by atoms with Crippen LogP contribution in [0.15, 0.2) is 67.0 Å². The molecule has 3 rings (SSSR count). The number of amides is 1. The Morgan fingerprint density at radius 1 is 1.04 bits per heavy atom. The number of pyridine rings is 2. The maximum absolute atomic E-state index is 12.4. The predicted molar refractivity (Wildman–Crippen MR) is 105 cm³/mol. The Morgan fingerprint density at radius 3 is 2.56 bits per heavy atom. The first-order valence-corrected chi connectivity index (χ1v) is 8.65. The van der Waals surface area contributed by atoms with Gasteiger partial charge in [0.1, 0.15) is 12.4 Å². The van der Waals surface area contributed by atoms with E-state index in [1.165, 1.54) is 0 Å². The lowest BCUT2D eigenvalue weighted by molar-refractivity contribution is 0.0950. The molecule has 0 saturated heterocycles. The van der Waals surface area contributed by atoms with Crippen LogP contribution in [0.1, 0.15) is 21.5 Å². The molecule has 1 aromatic carbocycles. The Kier molecular flexibility index (Phi) is 5.99. The van der Waals surface area contributed by atoms with Gasteiger partial charge >= 0.3 is 0 Å². The van der Waals surface area contributed by atoms with E-state index in [0.29, 0.717) is 24.6 Å². The van der Waals surface area contributed by atoms with Gasteiger partial charge in [-0.3, -0.25) is 4.79 Å². The highest BCUT2D eigenvalue weighted by Crippen LogP contribution is 2.16. The molecule has 1 N–H and O–H groups in total. The van der Waals surface area contributed by atoms with Crippen molar-refractivity contribution in [1.82, 2.24) is 15.3 Å². The Morgan fingerprint density at radius 2 is 1.85 bits per heavy atom. The van der Waals surface area contributed by atoms with E-state index in [1.807, 2.05) is 67.5 Å². The minimum absolute atomic E-state index is 0.189. The van der Waals surface area contributed by atoms with Crippen LogP contribution in [0.4, 0.5) is 5.82 Å². The van der Waals surface area contributed by atoms with Crippen LogP contribution >= 0.6 is 0 Å². The smallest absolute Gasteiger partial charge is 0.253 e. The molecule has 1 amide bonds. The van der Waals surface area contributed by atoms with Gasteiger partial charge < -0.3 is 15.0 Å². The lowest BCUT2D eigenvalue weighted by Crippen LogP contribution is -2.23. The quantitative estimate of drug-likeness (QED) is 0.700. The number of aromatic nitrogens is 2. The lowest BCUT2D eigenvalue weighted by atomic mass is 10.2. The van der Waals surface area contributed by atoms with Gasteiger partial charge in [-0.15, -0.1) is 0 Å². The number of nitrogens with one attached hydrogen (secondary N) is 1. The Labute approximate surface area is 158 Å². The highest BCUT2D eigenvalue weighted by atomic mass is 16.5. The molecule has 27 heavy (non-hydrogen) atoms. The second-order valence-electron chi connectivity index (χ2n) is 6.22. The number of hydrogen-bond acceptors (Lipinski definition) is 5. The molecule has 0 aliphatic carbocycles. The maximum Gasteiger partial charge on any atom is 0.253 e. The van der Waals surface area contributed by atoms with E-state index in [0.717, 1.165) is 16.9 Å². The van der Waals surface area contributed by atoms with Crippen molar-refractivity contribution in [1.29, 1.82) is 0 Å². The molecule has 138 valence electrons. The normalized spacial score (nSPS) is 10.3. The van der Waals surface area contributed by atoms with Crippen LogP contribution < -0.4 is 15.0 Å². The minimum atomic E-state index is -0.189. The average molecular weight is 362 g/mol. The molecule has 3 aromatic rings. The molecule has 0 atom stereocenters. The zero-order valence-corrected chi connectivity index (χ0v) is 15.4. The Bertz CT molecular complexity index is 880. The van der Waals surface area contributed by atoms with E-state index >= 15 is 0 Å². The molecule has 6 heteroatoms. The average Bonchev–Trinajstić information content (AvgIpc) is 2.72. The van der Waals surface area contributed by atoms with Crippen molar-refractivity contribution in [2.24, 2.45) is 0 Å². The largest absolute Gasteiger partial charge is 0.473 e. The monoisotopic (exact) mass is 362 g/mol. The van der Waals surface area contributed by atoms with Crippen LogP contribution in [-0.4, -0.2) is 30.0 Å². The molecular weight excluding hydrogens is 340 g/mol. The molecule has 6 nitrogen and oxygen atoms in total. The van der Waals surface area contributed by atoms with E-state index < -0.39 is 0 Å². The topological polar surface area (TPSA) is 67.4 Å². The van der Waals surface area contributed by atoms with Crippen LogP contribution in [0.5, 0.6) is 5.88 Å². The fourth-order valence-corrected chi connectivity index (χ4v) is 2.48. The molecule has 0 radical (unpaired) electrons. The number of nitrogens with zero attached hydrogens (tertiary/aromatic N) is 3. The first-order chi connectivity index (χ1) is 13.1. The number of rotatable bonds is 7.